The van der Waals surface area contributed by atoms with Gasteiger partial charge < -0.3 is 10.2 Å². The lowest BCUT2D eigenvalue weighted by Crippen LogP contribution is -2.09. The zero-order valence-corrected chi connectivity index (χ0v) is 12.5. The van der Waals surface area contributed by atoms with Crippen LogP contribution in [0.5, 0.6) is 0 Å². The summed E-state index contributed by atoms with van der Waals surface area (Å²) in [6, 6.07) is 12.9. The quantitative estimate of drug-likeness (QED) is 0.904. The first kappa shape index (κ1) is 13.9. The van der Waals surface area contributed by atoms with Gasteiger partial charge in [0.2, 0.25) is 0 Å². The molecule has 0 aliphatic rings. The Hall–Kier alpha value is -1.55. The molecule has 19 heavy (non-hydrogen) atoms. The second-order valence-corrected chi connectivity index (χ2v) is 5.39. The van der Waals surface area contributed by atoms with Crippen LogP contribution in [0, 0.1) is 5.82 Å². The Bertz CT molecular complexity index is 570. The molecular weight excluding hydrogens is 307 g/mol. The topological polar surface area (TPSA) is 15.3 Å². The molecule has 0 aromatic heterocycles. The van der Waals surface area contributed by atoms with Gasteiger partial charge in [-0.05, 0) is 35.9 Å². The molecule has 0 saturated heterocycles. The van der Waals surface area contributed by atoms with E-state index < -0.39 is 0 Å². The Kier molecular flexibility index (Phi) is 4.43. The van der Waals surface area contributed by atoms with Crippen molar-refractivity contribution in [1.29, 1.82) is 0 Å². The standard InChI is InChI=1S/C15H16BrFN2/c1-19(2)14-5-3-4-13(9-14)18-10-11-6-7-12(17)8-15(11)16/h3-9,18H,10H2,1-2H3. The van der Waals surface area contributed by atoms with Gasteiger partial charge in [-0.1, -0.05) is 28.1 Å². The first-order chi connectivity index (χ1) is 9.06. The van der Waals surface area contributed by atoms with Gasteiger partial charge in [0.1, 0.15) is 5.82 Å². The molecule has 2 nitrogen and oxygen atoms in total. The average Bonchev–Trinajstić information content (AvgIpc) is 2.38. The average molecular weight is 323 g/mol. The largest absolute Gasteiger partial charge is 0.381 e. The van der Waals surface area contributed by atoms with E-state index in [-0.39, 0.29) is 5.82 Å². The summed E-state index contributed by atoms with van der Waals surface area (Å²) >= 11 is 3.37. The molecule has 0 heterocycles. The Morgan fingerprint density at radius 1 is 1.16 bits per heavy atom. The number of nitrogens with zero attached hydrogens (tertiary/aromatic N) is 1. The fraction of sp³-hybridized carbons (Fsp3) is 0.200. The van der Waals surface area contributed by atoms with Gasteiger partial charge in [0.25, 0.3) is 0 Å². The van der Waals surface area contributed by atoms with Crippen molar-refractivity contribution in [2.75, 3.05) is 24.3 Å². The van der Waals surface area contributed by atoms with Crippen molar-refractivity contribution < 1.29 is 4.39 Å². The maximum absolute atomic E-state index is 13.0. The van der Waals surface area contributed by atoms with Gasteiger partial charge >= 0.3 is 0 Å². The van der Waals surface area contributed by atoms with Crippen LogP contribution in [0.15, 0.2) is 46.9 Å². The van der Waals surface area contributed by atoms with Gasteiger partial charge in [-0.2, -0.15) is 0 Å². The van der Waals surface area contributed by atoms with Crippen molar-refractivity contribution in [3.63, 3.8) is 0 Å². The van der Waals surface area contributed by atoms with Gasteiger partial charge in [0.15, 0.2) is 0 Å². The fourth-order valence-electron chi connectivity index (χ4n) is 1.76. The lowest BCUT2D eigenvalue weighted by atomic mass is 10.2. The lowest BCUT2D eigenvalue weighted by molar-refractivity contribution is 0.626. The third kappa shape index (κ3) is 3.70. The molecular formula is C15H16BrFN2. The molecule has 0 unspecified atom stereocenters. The minimum Gasteiger partial charge on any atom is -0.381 e. The van der Waals surface area contributed by atoms with Gasteiger partial charge in [0, 0.05) is 36.5 Å². The summed E-state index contributed by atoms with van der Waals surface area (Å²) in [6.07, 6.45) is 0. The summed E-state index contributed by atoms with van der Waals surface area (Å²) in [7, 11) is 4.02. The molecule has 2 aromatic carbocycles. The molecule has 0 aliphatic heterocycles. The Morgan fingerprint density at radius 2 is 1.95 bits per heavy atom. The molecule has 0 bridgehead atoms. The summed E-state index contributed by atoms with van der Waals surface area (Å²) in [4.78, 5) is 2.05. The second kappa shape index (κ2) is 6.06. The fourth-order valence-corrected chi connectivity index (χ4v) is 2.25. The number of hydrogen-bond donors (Lipinski definition) is 1. The second-order valence-electron chi connectivity index (χ2n) is 4.53. The molecule has 2 rings (SSSR count). The Balaban J connectivity index is 2.08. The van der Waals surface area contributed by atoms with Crippen molar-refractivity contribution in [2.24, 2.45) is 0 Å². The SMILES string of the molecule is CN(C)c1cccc(NCc2ccc(F)cc2Br)c1. The molecule has 0 atom stereocenters. The van der Waals surface area contributed by atoms with E-state index in [2.05, 4.69) is 38.3 Å². The highest BCUT2D eigenvalue weighted by molar-refractivity contribution is 9.10. The van der Waals surface area contributed by atoms with Crippen molar-refractivity contribution in [1.82, 2.24) is 0 Å². The Labute approximate surface area is 121 Å². The number of nitrogens with one attached hydrogen (secondary N) is 1. The minimum absolute atomic E-state index is 0.231. The number of hydrogen-bond acceptors (Lipinski definition) is 2. The third-order valence-corrected chi connectivity index (χ3v) is 3.60. The van der Waals surface area contributed by atoms with Crippen molar-refractivity contribution in [3.8, 4) is 0 Å². The highest BCUT2D eigenvalue weighted by Crippen LogP contribution is 2.21. The summed E-state index contributed by atoms with van der Waals surface area (Å²) in [5.41, 5.74) is 3.21. The van der Waals surface area contributed by atoms with E-state index >= 15 is 0 Å². The summed E-state index contributed by atoms with van der Waals surface area (Å²) in [6.45, 7) is 0.651. The zero-order chi connectivity index (χ0) is 13.8. The summed E-state index contributed by atoms with van der Waals surface area (Å²) in [5, 5.41) is 3.34. The lowest BCUT2D eigenvalue weighted by Gasteiger charge is -2.14. The van der Waals surface area contributed by atoms with E-state index in [4.69, 9.17) is 0 Å². The number of benzene rings is 2. The normalized spacial score (nSPS) is 10.3. The van der Waals surface area contributed by atoms with Crippen molar-refractivity contribution in [3.05, 3.63) is 58.3 Å². The maximum atomic E-state index is 13.0. The van der Waals surface area contributed by atoms with E-state index in [0.717, 1.165) is 21.4 Å². The van der Waals surface area contributed by atoms with Crippen LogP contribution in [-0.4, -0.2) is 14.1 Å². The molecule has 0 fully saturated rings. The van der Waals surface area contributed by atoms with E-state index in [1.165, 1.54) is 12.1 Å². The molecule has 1 N–H and O–H groups in total. The maximum Gasteiger partial charge on any atom is 0.124 e. The van der Waals surface area contributed by atoms with E-state index in [1.807, 2.05) is 26.2 Å². The predicted octanol–water partition coefficient (Wildman–Crippen LogP) is 4.27. The van der Waals surface area contributed by atoms with E-state index in [1.54, 1.807) is 6.07 Å². The monoisotopic (exact) mass is 322 g/mol. The highest BCUT2D eigenvalue weighted by atomic mass is 79.9. The van der Waals surface area contributed by atoms with Crippen LogP contribution < -0.4 is 10.2 Å². The van der Waals surface area contributed by atoms with Crippen LogP contribution >= 0.6 is 15.9 Å². The first-order valence-corrected chi connectivity index (χ1v) is 6.81. The number of anilines is 2. The van der Waals surface area contributed by atoms with Crippen LogP contribution in [0.25, 0.3) is 0 Å². The van der Waals surface area contributed by atoms with Gasteiger partial charge in [-0.25, -0.2) is 4.39 Å². The molecule has 4 heteroatoms. The molecule has 100 valence electrons. The van der Waals surface area contributed by atoms with Gasteiger partial charge in [-0.3, -0.25) is 0 Å². The molecule has 0 aliphatic carbocycles. The third-order valence-electron chi connectivity index (χ3n) is 2.86. The van der Waals surface area contributed by atoms with Crippen LogP contribution in [0.3, 0.4) is 0 Å². The summed E-state index contributed by atoms with van der Waals surface area (Å²) in [5.74, 6) is -0.231. The predicted molar refractivity (Wildman–Crippen MR) is 82.2 cm³/mol. The van der Waals surface area contributed by atoms with Crippen molar-refractivity contribution >= 4 is 27.3 Å². The number of halogens is 2. The molecule has 0 radical (unpaired) electrons. The summed E-state index contributed by atoms with van der Waals surface area (Å²) < 4.78 is 13.8. The Morgan fingerprint density at radius 3 is 2.63 bits per heavy atom. The molecule has 0 saturated carbocycles. The smallest absolute Gasteiger partial charge is 0.124 e. The van der Waals surface area contributed by atoms with Gasteiger partial charge in [0.05, 0.1) is 0 Å². The van der Waals surface area contributed by atoms with Crippen LogP contribution in [0.1, 0.15) is 5.56 Å². The van der Waals surface area contributed by atoms with Crippen LogP contribution in [0.2, 0.25) is 0 Å². The van der Waals surface area contributed by atoms with E-state index in [9.17, 15) is 4.39 Å². The molecule has 0 amide bonds. The highest BCUT2D eigenvalue weighted by Gasteiger charge is 2.02. The molecule has 2 aromatic rings. The van der Waals surface area contributed by atoms with Crippen LogP contribution in [0.4, 0.5) is 15.8 Å². The minimum atomic E-state index is -0.231. The number of rotatable bonds is 4. The molecule has 0 spiro atoms. The first-order valence-electron chi connectivity index (χ1n) is 6.01. The van der Waals surface area contributed by atoms with Gasteiger partial charge in [-0.15, -0.1) is 0 Å². The van der Waals surface area contributed by atoms with Crippen molar-refractivity contribution in [2.45, 2.75) is 6.54 Å². The zero-order valence-electron chi connectivity index (χ0n) is 11.0. The van der Waals surface area contributed by atoms with E-state index in [0.29, 0.717) is 6.54 Å². The van der Waals surface area contributed by atoms with Crippen LogP contribution in [-0.2, 0) is 6.54 Å².